The lowest BCUT2D eigenvalue weighted by atomic mass is 9.83. The molecule has 6 rings (SSSR count). The molecule has 3 unspecified atom stereocenters. The molecule has 3 amide bonds. The molecule has 0 saturated carbocycles. The molecule has 2 aliphatic rings. The minimum atomic E-state index is -0.782. The second kappa shape index (κ2) is 12.7. The number of aromatic amines is 1. The van der Waals surface area contributed by atoms with Crippen molar-refractivity contribution in [2.24, 2.45) is 5.92 Å². The number of amides is 3. The van der Waals surface area contributed by atoms with Crippen LogP contribution in [0.15, 0.2) is 76.6 Å². The second-order valence-electron chi connectivity index (χ2n) is 10.1. The monoisotopic (exact) mass is 683 g/mol. The molecule has 2 aliphatic heterocycles. The summed E-state index contributed by atoms with van der Waals surface area (Å²) < 4.78 is 10.7. The van der Waals surface area contributed by atoms with E-state index < -0.39 is 40.8 Å². The SMILES string of the molecule is CCOC(=O)c1ccc(N2C(=O)C3Sc4[nH]c(=O)sc4C(c4ccc(OCC(=O)Nc5ccc(Cl)c(Cl)c5)cc4)C3C2=O)cc1. The van der Waals surface area contributed by atoms with Crippen LogP contribution in [-0.2, 0) is 19.1 Å². The van der Waals surface area contributed by atoms with E-state index in [0.29, 0.717) is 48.2 Å². The Morgan fingerprint density at radius 3 is 2.38 bits per heavy atom. The molecular formula is C31H23Cl2N3O7S2. The highest BCUT2D eigenvalue weighted by molar-refractivity contribution is 8.00. The fourth-order valence-corrected chi connectivity index (χ4v) is 8.10. The van der Waals surface area contributed by atoms with Gasteiger partial charge in [-0.05, 0) is 67.1 Å². The second-order valence-corrected chi connectivity index (χ2v) is 13.0. The predicted octanol–water partition coefficient (Wildman–Crippen LogP) is 5.73. The first-order chi connectivity index (χ1) is 21.6. The number of carbonyl (C=O) groups excluding carboxylic acids is 4. The van der Waals surface area contributed by atoms with E-state index >= 15 is 0 Å². The van der Waals surface area contributed by atoms with Crippen LogP contribution in [0, 0.1) is 5.92 Å². The van der Waals surface area contributed by atoms with Gasteiger partial charge in [-0.3, -0.25) is 19.2 Å². The van der Waals surface area contributed by atoms with Gasteiger partial charge in [-0.2, -0.15) is 0 Å². The van der Waals surface area contributed by atoms with Gasteiger partial charge in [-0.1, -0.05) is 58.4 Å². The van der Waals surface area contributed by atoms with Gasteiger partial charge in [0.05, 0.1) is 38.8 Å². The van der Waals surface area contributed by atoms with Crippen molar-refractivity contribution in [2.75, 3.05) is 23.4 Å². The van der Waals surface area contributed by atoms with Crippen LogP contribution < -0.4 is 19.8 Å². The highest BCUT2D eigenvalue weighted by atomic mass is 35.5. The Morgan fingerprint density at radius 2 is 1.69 bits per heavy atom. The summed E-state index contributed by atoms with van der Waals surface area (Å²) in [6.07, 6.45) is 0. The quantitative estimate of drug-likeness (QED) is 0.178. The summed E-state index contributed by atoms with van der Waals surface area (Å²) in [7, 11) is 0. The van der Waals surface area contributed by atoms with Crippen molar-refractivity contribution in [3.63, 3.8) is 0 Å². The number of H-pyrrole nitrogens is 1. The number of hydrogen-bond donors (Lipinski definition) is 2. The van der Waals surface area contributed by atoms with E-state index in [1.54, 1.807) is 55.5 Å². The average molecular weight is 685 g/mol. The topological polar surface area (TPSA) is 135 Å². The molecule has 1 saturated heterocycles. The molecule has 0 spiro atoms. The Morgan fingerprint density at radius 1 is 0.956 bits per heavy atom. The molecule has 0 radical (unpaired) electrons. The first-order valence-corrected chi connectivity index (χ1v) is 16.1. The highest BCUT2D eigenvalue weighted by Gasteiger charge is 2.56. The number of fused-ring (bicyclic) bond motifs is 2. The molecule has 2 N–H and O–H groups in total. The minimum absolute atomic E-state index is 0.223. The molecule has 1 fully saturated rings. The van der Waals surface area contributed by atoms with Crippen LogP contribution in [0.5, 0.6) is 5.75 Å². The summed E-state index contributed by atoms with van der Waals surface area (Å²) in [5, 5.41) is 3.14. The van der Waals surface area contributed by atoms with Gasteiger partial charge in [0.2, 0.25) is 11.8 Å². The lowest BCUT2D eigenvalue weighted by Gasteiger charge is -2.29. The summed E-state index contributed by atoms with van der Waals surface area (Å²) >= 11 is 14.1. The minimum Gasteiger partial charge on any atom is -0.484 e. The van der Waals surface area contributed by atoms with Crippen molar-refractivity contribution in [3.8, 4) is 5.75 Å². The van der Waals surface area contributed by atoms with Crippen molar-refractivity contribution >= 4 is 81.4 Å². The van der Waals surface area contributed by atoms with Gasteiger partial charge in [0, 0.05) is 16.5 Å². The van der Waals surface area contributed by atoms with Crippen LogP contribution in [-0.4, -0.2) is 47.1 Å². The van der Waals surface area contributed by atoms with E-state index in [2.05, 4.69) is 10.3 Å². The summed E-state index contributed by atoms with van der Waals surface area (Å²) in [6, 6.07) is 17.7. The number of ether oxygens (including phenoxy) is 2. The molecule has 3 atom stereocenters. The lowest BCUT2D eigenvalue weighted by Crippen LogP contribution is -2.32. The third kappa shape index (κ3) is 6.10. The first kappa shape index (κ1) is 30.9. The number of anilines is 2. The largest absolute Gasteiger partial charge is 0.484 e. The van der Waals surface area contributed by atoms with Crippen LogP contribution in [0.4, 0.5) is 11.4 Å². The zero-order valence-electron chi connectivity index (χ0n) is 23.4. The van der Waals surface area contributed by atoms with Crippen molar-refractivity contribution in [1.82, 2.24) is 4.98 Å². The molecule has 3 aromatic carbocycles. The van der Waals surface area contributed by atoms with Gasteiger partial charge in [0.15, 0.2) is 6.61 Å². The third-order valence-electron chi connectivity index (χ3n) is 7.27. The van der Waals surface area contributed by atoms with E-state index in [1.807, 2.05) is 0 Å². The summed E-state index contributed by atoms with van der Waals surface area (Å²) in [4.78, 5) is 68.8. The zero-order chi connectivity index (χ0) is 31.8. The van der Waals surface area contributed by atoms with Crippen LogP contribution in [0.3, 0.4) is 0 Å². The van der Waals surface area contributed by atoms with E-state index in [4.69, 9.17) is 32.7 Å². The van der Waals surface area contributed by atoms with Gasteiger partial charge in [-0.15, -0.1) is 0 Å². The number of imide groups is 1. The number of hydrogen-bond acceptors (Lipinski definition) is 9. The van der Waals surface area contributed by atoms with Crippen LogP contribution >= 0.6 is 46.3 Å². The fourth-order valence-electron chi connectivity index (χ4n) is 5.28. The van der Waals surface area contributed by atoms with E-state index in [0.717, 1.165) is 16.2 Å². The Labute approximate surface area is 274 Å². The maximum absolute atomic E-state index is 13.9. The molecule has 14 heteroatoms. The molecule has 230 valence electrons. The zero-order valence-corrected chi connectivity index (χ0v) is 26.5. The van der Waals surface area contributed by atoms with Gasteiger partial charge < -0.3 is 19.8 Å². The predicted molar refractivity (Wildman–Crippen MR) is 172 cm³/mol. The number of rotatable bonds is 8. The van der Waals surface area contributed by atoms with Crippen LogP contribution in [0.2, 0.25) is 10.0 Å². The third-order valence-corrected chi connectivity index (χ3v) is 10.4. The molecular weight excluding hydrogens is 661 g/mol. The van der Waals surface area contributed by atoms with Crippen molar-refractivity contribution < 1.29 is 28.7 Å². The van der Waals surface area contributed by atoms with Crippen molar-refractivity contribution in [3.05, 3.63) is 102 Å². The fraction of sp³-hybridized carbons (Fsp3) is 0.194. The maximum Gasteiger partial charge on any atom is 0.338 e. The Kier molecular flexibility index (Phi) is 8.74. The number of nitrogens with zero attached hydrogens (tertiary/aromatic N) is 1. The van der Waals surface area contributed by atoms with Crippen LogP contribution in [0.25, 0.3) is 0 Å². The Hall–Kier alpha value is -4.10. The Balaban J connectivity index is 1.22. The normalized spacial score (nSPS) is 18.7. The summed E-state index contributed by atoms with van der Waals surface area (Å²) in [5.41, 5.74) is 1.82. The number of halogens is 2. The number of benzene rings is 3. The number of nitrogens with one attached hydrogen (secondary N) is 2. The van der Waals surface area contributed by atoms with E-state index in [9.17, 15) is 24.0 Å². The smallest absolute Gasteiger partial charge is 0.338 e. The van der Waals surface area contributed by atoms with E-state index in [-0.39, 0.29) is 18.1 Å². The molecule has 3 heterocycles. The standard InChI is InChI=1S/C31H23Cl2N3O7S2/c1-2-42-30(40)16-3-8-18(9-4-16)36-28(38)24-23(25-27(35-31(41)45-25)44-26(24)29(36)39)15-5-10-19(11-6-15)43-14-22(37)34-17-7-12-20(32)21(33)13-17/h3-13,23-24,26H,2,14H2,1H3,(H,34,37)(H,35,41). The molecule has 0 bridgehead atoms. The van der Waals surface area contributed by atoms with Gasteiger partial charge in [0.1, 0.15) is 11.0 Å². The number of aromatic nitrogens is 1. The molecule has 1 aromatic heterocycles. The number of thioether (sulfide) groups is 1. The average Bonchev–Trinajstić information content (AvgIpc) is 3.52. The van der Waals surface area contributed by atoms with Crippen molar-refractivity contribution in [2.45, 2.75) is 23.1 Å². The van der Waals surface area contributed by atoms with Gasteiger partial charge >= 0.3 is 10.8 Å². The lowest BCUT2D eigenvalue weighted by molar-refractivity contribution is -0.122. The Bertz CT molecular complexity index is 1880. The molecule has 4 aromatic rings. The van der Waals surface area contributed by atoms with Crippen LogP contribution in [0.1, 0.15) is 33.6 Å². The van der Waals surface area contributed by atoms with Gasteiger partial charge in [0.25, 0.3) is 5.91 Å². The van der Waals surface area contributed by atoms with E-state index in [1.165, 1.54) is 30.0 Å². The van der Waals surface area contributed by atoms with Crippen molar-refractivity contribution in [1.29, 1.82) is 0 Å². The number of thiazole rings is 1. The van der Waals surface area contributed by atoms with Gasteiger partial charge in [-0.25, -0.2) is 9.69 Å². The summed E-state index contributed by atoms with van der Waals surface area (Å²) in [6.45, 7) is 1.65. The number of esters is 1. The highest BCUT2D eigenvalue weighted by Crippen LogP contribution is 2.53. The number of carbonyl (C=O) groups is 4. The first-order valence-electron chi connectivity index (χ1n) is 13.7. The molecule has 10 nitrogen and oxygen atoms in total. The maximum atomic E-state index is 13.9. The molecule has 45 heavy (non-hydrogen) atoms. The summed E-state index contributed by atoms with van der Waals surface area (Å²) in [5.74, 6) is -2.68. The molecule has 0 aliphatic carbocycles.